The molecule has 0 saturated heterocycles. The van der Waals surface area contributed by atoms with Crippen LogP contribution in [0.3, 0.4) is 0 Å². The molecular formula is C19H19NO4. The minimum Gasteiger partial charge on any atom is -0.465 e. The summed E-state index contributed by atoms with van der Waals surface area (Å²) in [5.41, 5.74) is 2.36. The van der Waals surface area contributed by atoms with Crippen molar-refractivity contribution in [1.29, 1.82) is 0 Å². The van der Waals surface area contributed by atoms with Gasteiger partial charge in [0, 0.05) is 11.9 Å². The van der Waals surface area contributed by atoms with Gasteiger partial charge in [-0.25, -0.2) is 9.59 Å². The van der Waals surface area contributed by atoms with Crippen molar-refractivity contribution < 1.29 is 19.1 Å². The molecule has 0 unspecified atom stereocenters. The van der Waals surface area contributed by atoms with Gasteiger partial charge in [-0.1, -0.05) is 24.3 Å². The first-order chi connectivity index (χ1) is 11.7. The van der Waals surface area contributed by atoms with Crippen LogP contribution in [-0.4, -0.2) is 26.2 Å². The van der Waals surface area contributed by atoms with Crippen molar-refractivity contribution in [2.45, 2.75) is 18.8 Å². The third-order valence-corrected chi connectivity index (χ3v) is 4.10. The summed E-state index contributed by atoms with van der Waals surface area (Å²) >= 11 is 0. The Balaban J connectivity index is 2.17. The van der Waals surface area contributed by atoms with E-state index in [2.05, 4.69) is 6.07 Å². The highest BCUT2D eigenvalue weighted by Gasteiger charge is 2.32. The number of carbonyl (C=O) groups excluding carboxylic acids is 2. The normalized spacial score (nSPS) is 16.8. The van der Waals surface area contributed by atoms with Crippen molar-refractivity contribution in [3.8, 4) is 0 Å². The van der Waals surface area contributed by atoms with Gasteiger partial charge in [-0.3, -0.25) is 0 Å². The second-order valence-electron chi connectivity index (χ2n) is 5.65. The lowest BCUT2D eigenvalue weighted by molar-refractivity contribution is -0.139. The van der Waals surface area contributed by atoms with Crippen molar-refractivity contribution in [3.05, 3.63) is 65.5 Å². The number of para-hydroxylation sites is 1. The molecule has 0 radical (unpaired) electrons. The number of anilines is 1. The number of nitrogens with zero attached hydrogens (tertiary/aromatic N) is 1. The summed E-state index contributed by atoms with van der Waals surface area (Å²) in [6, 6.07) is 7.91. The molecular weight excluding hydrogens is 306 g/mol. The summed E-state index contributed by atoms with van der Waals surface area (Å²) in [6.45, 7) is 0. The number of benzene rings is 1. The zero-order valence-electron chi connectivity index (χ0n) is 13.7. The Hall–Kier alpha value is -2.82. The van der Waals surface area contributed by atoms with E-state index in [1.54, 1.807) is 29.3 Å². The molecule has 5 heteroatoms. The number of hydrogen-bond donors (Lipinski definition) is 0. The molecule has 124 valence electrons. The van der Waals surface area contributed by atoms with Gasteiger partial charge in [-0.2, -0.15) is 0 Å². The first kappa shape index (κ1) is 16.1. The Labute approximate surface area is 140 Å². The van der Waals surface area contributed by atoms with E-state index >= 15 is 0 Å². The molecule has 1 fully saturated rings. The van der Waals surface area contributed by atoms with Gasteiger partial charge in [0.2, 0.25) is 0 Å². The van der Waals surface area contributed by atoms with Crippen LogP contribution in [0.1, 0.15) is 24.3 Å². The van der Waals surface area contributed by atoms with Crippen LogP contribution in [0.2, 0.25) is 0 Å². The number of carbonyl (C=O) groups is 2. The van der Waals surface area contributed by atoms with Crippen LogP contribution in [0, 0.1) is 0 Å². The molecule has 1 aliphatic carbocycles. The molecule has 1 aromatic carbocycles. The fourth-order valence-electron chi connectivity index (χ4n) is 2.80. The topological polar surface area (TPSA) is 55.8 Å². The van der Waals surface area contributed by atoms with Gasteiger partial charge >= 0.3 is 11.9 Å². The van der Waals surface area contributed by atoms with Gasteiger partial charge in [0.05, 0.1) is 19.8 Å². The average Bonchev–Trinajstić information content (AvgIpc) is 3.46. The summed E-state index contributed by atoms with van der Waals surface area (Å²) < 4.78 is 9.76. The maximum Gasteiger partial charge on any atom is 0.355 e. The van der Waals surface area contributed by atoms with Crippen LogP contribution in [0.25, 0.3) is 0 Å². The molecule has 3 rings (SSSR count). The Morgan fingerprint density at radius 2 is 1.75 bits per heavy atom. The van der Waals surface area contributed by atoms with Crippen molar-refractivity contribution in [1.82, 2.24) is 0 Å². The Bertz CT molecular complexity index is 756. The molecule has 0 amide bonds. The highest BCUT2D eigenvalue weighted by atomic mass is 16.5. The van der Waals surface area contributed by atoms with Crippen LogP contribution >= 0.6 is 0 Å². The molecule has 1 saturated carbocycles. The molecule has 0 spiro atoms. The standard InChI is InChI=1S/C19H19NO4/c1-23-18(21)15-8-5-6-12-20(17(15)19(22)24-2)16-9-4-3-7-14(16)13-10-11-13/h3-9,12-13H,10-11H2,1-2H3. The summed E-state index contributed by atoms with van der Waals surface area (Å²) in [5.74, 6) is -0.673. The first-order valence-corrected chi connectivity index (χ1v) is 7.81. The van der Waals surface area contributed by atoms with E-state index in [1.165, 1.54) is 14.2 Å². The minimum atomic E-state index is -0.586. The highest BCUT2D eigenvalue weighted by molar-refractivity contribution is 6.05. The maximum atomic E-state index is 12.4. The van der Waals surface area contributed by atoms with Gasteiger partial charge in [-0.15, -0.1) is 0 Å². The molecule has 5 nitrogen and oxygen atoms in total. The first-order valence-electron chi connectivity index (χ1n) is 7.81. The van der Waals surface area contributed by atoms with E-state index in [0.29, 0.717) is 5.92 Å². The van der Waals surface area contributed by atoms with Gasteiger partial charge < -0.3 is 14.4 Å². The average molecular weight is 325 g/mol. The molecule has 1 aliphatic heterocycles. The van der Waals surface area contributed by atoms with Crippen LogP contribution in [0.4, 0.5) is 5.69 Å². The number of allylic oxidation sites excluding steroid dienone is 2. The van der Waals surface area contributed by atoms with E-state index in [9.17, 15) is 9.59 Å². The SMILES string of the molecule is COC(=O)C1=C(C(=O)OC)N(c2ccccc2C2CC2)C=CC=C1. The number of rotatable bonds is 4. The fourth-order valence-corrected chi connectivity index (χ4v) is 2.80. The van der Waals surface area contributed by atoms with Crippen molar-refractivity contribution in [3.63, 3.8) is 0 Å². The fraction of sp³-hybridized carbons (Fsp3) is 0.263. The maximum absolute atomic E-state index is 12.4. The van der Waals surface area contributed by atoms with Crippen LogP contribution in [0.5, 0.6) is 0 Å². The Kier molecular flexibility index (Phi) is 4.51. The highest BCUT2D eigenvalue weighted by Crippen LogP contribution is 2.45. The third kappa shape index (κ3) is 2.97. The van der Waals surface area contributed by atoms with E-state index in [1.807, 2.05) is 18.2 Å². The molecule has 1 aromatic rings. The molecule has 24 heavy (non-hydrogen) atoms. The summed E-state index contributed by atoms with van der Waals surface area (Å²) in [5, 5.41) is 0. The van der Waals surface area contributed by atoms with Crippen molar-refractivity contribution >= 4 is 17.6 Å². The van der Waals surface area contributed by atoms with E-state index in [0.717, 1.165) is 24.1 Å². The van der Waals surface area contributed by atoms with Crippen LogP contribution < -0.4 is 4.90 Å². The molecule has 0 aromatic heterocycles. The molecule has 0 atom stereocenters. The van der Waals surface area contributed by atoms with E-state index in [-0.39, 0.29) is 11.3 Å². The third-order valence-electron chi connectivity index (χ3n) is 4.10. The molecule has 0 bridgehead atoms. The molecule has 2 aliphatic rings. The number of hydrogen-bond acceptors (Lipinski definition) is 5. The summed E-state index contributed by atoms with van der Waals surface area (Å²) in [7, 11) is 2.59. The predicted octanol–water partition coefficient (Wildman–Crippen LogP) is 3.05. The van der Waals surface area contributed by atoms with Crippen LogP contribution in [-0.2, 0) is 19.1 Å². The van der Waals surface area contributed by atoms with Crippen molar-refractivity contribution in [2.75, 3.05) is 19.1 Å². The summed E-state index contributed by atoms with van der Waals surface area (Å²) in [6.07, 6.45) is 9.08. The van der Waals surface area contributed by atoms with Gasteiger partial charge in [-0.05, 0) is 42.5 Å². The zero-order chi connectivity index (χ0) is 17.1. The number of esters is 2. The monoisotopic (exact) mass is 325 g/mol. The Morgan fingerprint density at radius 3 is 2.42 bits per heavy atom. The van der Waals surface area contributed by atoms with Crippen molar-refractivity contribution in [2.24, 2.45) is 0 Å². The Morgan fingerprint density at radius 1 is 1.04 bits per heavy atom. The smallest absolute Gasteiger partial charge is 0.355 e. The van der Waals surface area contributed by atoms with E-state index < -0.39 is 11.9 Å². The molecule has 1 heterocycles. The van der Waals surface area contributed by atoms with Gasteiger partial charge in [0.1, 0.15) is 5.70 Å². The predicted molar refractivity (Wildman–Crippen MR) is 90.2 cm³/mol. The lowest BCUT2D eigenvalue weighted by Crippen LogP contribution is -2.27. The quantitative estimate of drug-likeness (QED) is 0.796. The van der Waals surface area contributed by atoms with Crippen LogP contribution in [0.15, 0.2) is 60.0 Å². The second kappa shape index (κ2) is 6.74. The van der Waals surface area contributed by atoms with E-state index in [4.69, 9.17) is 9.47 Å². The number of methoxy groups -OCH3 is 2. The van der Waals surface area contributed by atoms with Gasteiger partial charge in [0.25, 0.3) is 0 Å². The molecule has 0 N–H and O–H groups in total. The number of ether oxygens (including phenoxy) is 2. The largest absolute Gasteiger partial charge is 0.465 e. The lowest BCUT2D eigenvalue weighted by Gasteiger charge is -2.25. The zero-order valence-corrected chi connectivity index (χ0v) is 13.7. The van der Waals surface area contributed by atoms with Gasteiger partial charge in [0.15, 0.2) is 0 Å². The minimum absolute atomic E-state index is 0.155. The summed E-state index contributed by atoms with van der Waals surface area (Å²) in [4.78, 5) is 26.3. The lowest BCUT2D eigenvalue weighted by atomic mass is 10.1. The second-order valence-corrected chi connectivity index (χ2v) is 5.65.